The number of thiophene rings is 1. The van der Waals surface area contributed by atoms with Crippen molar-refractivity contribution in [1.82, 2.24) is 0 Å². The van der Waals surface area contributed by atoms with E-state index in [-0.39, 0.29) is 0 Å². The normalized spacial score (nSPS) is 12.6. The fraction of sp³-hybridized carbons (Fsp3) is 0.231. The Kier molecular flexibility index (Phi) is 3.00. The van der Waals surface area contributed by atoms with E-state index in [0.717, 1.165) is 6.42 Å². The zero-order valence-electron chi connectivity index (χ0n) is 8.23. The smallest absolute Gasteiger partial charge is 0.00575 e. The molecule has 1 heteroatoms. The monoisotopic (exact) mass is 201 g/mol. The molecule has 1 atom stereocenters. The van der Waals surface area contributed by atoms with Crippen LogP contribution in [-0.4, -0.2) is 0 Å². The molecular formula is C13H13S. The summed E-state index contributed by atoms with van der Waals surface area (Å²) in [6, 6.07) is 15.9. The summed E-state index contributed by atoms with van der Waals surface area (Å²) in [7, 11) is 0. The maximum Gasteiger partial charge on any atom is 0.00575 e. The lowest BCUT2D eigenvalue weighted by Crippen LogP contribution is -1.95. The number of rotatable bonds is 3. The highest BCUT2D eigenvalue weighted by atomic mass is 32.1. The summed E-state index contributed by atoms with van der Waals surface area (Å²) in [5.74, 6) is 0.600. The fourth-order valence-electron chi connectivity index (χ4n) is 1.58. The molecule has 1 unspecified atom stereocenters. The van der Waals surface area contributed by atoms with Crippen molar-refractivity contribution in [1.29, 1.82) is 0 Å². The molecule has 0 saturated carbocycles. The molecule has 0 bridgehead atoms. The molecular weight excluding hydrogens is 188 g/mol. The molecule has 0 aliphatic heterocycles. The summed E-state index contributed by atoms with van der Waals surface area (Å²) in [4.78, 5) is 1.42. The van der Waals surface area contributed by atoms with Crippen molar-refractivity contribution in [3.8, 4) is 0 Å². The molecule has 0 N–H and O–H groups in total. The van der Waals surface area contributed by atoms with Gasteiger partial charge in [-0.2, -0.15) is 0 Å². The predicted molar refractivity (Wildman–Crippen MR) is 61.7 cm³/mol. The van der Waals surface area contributed by atoms with Gasteiger partial charge in [-0.25, -0.2) is 0 Å². The maximum absolute atomic E-state index is 3.11. The first kappa shape index (κ1) is 9.47. The van der Waals surface area contributed by atoms with Gasteiger partial charge in [-0.05, 0) is 35.4 Å². The topological polar surface area (TPSA) is 0 Å². The van der Waals surface area contributed by atoms with Crippen LogP contribution in [0.4, 0.5) is 0 Å². The average Bonchev–Trinajstić information content (AvgIpc) is 2.72. The molecule has 2 rings (SSSR count). The Morgan fingerprint density at radius 1 is 1.29 bits per heavy atom. The van der Waals surface area contributed by atoms with E-state index in [2.05, 4.69) is 49.4 Å². The van der Waals surface area contributed by atoms with Gasteiger partial charge in [0.15, 0.2) is 0 Å². The van der Waals surface area contributed by atoms with Crippen molar-refractivity contribution in [2.75, 3.05) is 0 Å². The van der Waals surface area contributed by atoms with Crippen LogP contribution >= 0.6 is 11.3 Å². The van der Waals surface area contributed by atoms with Gasteiger partial charge in [-0.15, -0.1) is 11.3 Å². The van der Waals surface area contributed by atoms with Gasteiger partial charge < -0.3 is 0 Å². The second kappa shape index (κ2) is 4.43. The lowest BCUT2D eigenvalue weighted by molar-refractivity contribution is 0.769. The van der Waals surface area contributed by atoms with Gasteiger partial charge in [0, 0.05) is 4.88 Å². The Morgan fingerprint density at radius 2 is 2.07 bits per heavy atom. The Bertz CT molecular complexity index is 361. The van der Waals surface area contributed by atoms with Crippen LogP contribution in [0.15, 0.2) is 41.8 Å². The SMILES string of the molecule is CC(Cc1c[c]cs1)c1ccccc1. The van der Waals surface area contributed by atoms with E-state index in [9.17, 15) is 0 Å². The minimum absolute atomic E-state index is 0.600. The molecule has 0 aliphatic rings. The van der Waals surface area contributed by atoms with Crippen LogP contribution in [0.25, 0.3) is 0 Å². The Hall–Kier alpha value is -1.08. The molecule has 1 radical (unpaired) electrons. The van der Waals surface area contributed by atoms with Gasteiger partial charge in [-0.3, -0.25) is 0 Å². The van der Waals surface area contributed by atoms with Gasteiger partial charge >= 0.3 is 0 Å². The Balaban J connectivity index is 2.07. The van der Waals surface area contributed by atoms with Gasteiger partial charge in [0.25, 0.3) is 0 Å². The third-order valence-corrected chi connectivity index (χ3v) is 3.24. The molecule has 0 fully saturated rings. The number of benzene rings is 1. The van der Waals surface area contributed by atoms with Crippen LogP contribution in [0.3, 0.4) is 0 Å². The van der Waals surface area contributed by atoms with Gasteiger partial charge in [-0.1, -0.05) is 37.3 Å². The van der Waals surface area contributed by atoms with Crippen molar-refractivity contribution < 1.29 is 0 Å². The van der Waals surface area contributed by atoms with E-state index in [0.29, 0.717) is 5.92 Å². The van der Waals surface area contributed by atoms with Crippen LogP contribution in [-0.2, 0) is 6.42 Å². The summed E-state index contributed by atoms with van der Waals surface area (Å²) in [5, 5.41) is 2.02. The van der Waals surface area contributed by atoms with Gasteiger partial charge in [0.05, 0.1) is 0 Å². The third kappa shape index (κ3) is 2.24. The molecule has 71 valence electrons. The number of hydrogen-bond acceptors (Lipinski definition) is 1. The molecule has 1 aromatic carbocycles. The number of hydrogen-bond donors (Lipinski definition) is 0. The summed E-state index contributed by atoms with van der Waals surface area (Å²) in [6.07, 6.45) is 1.12. The van der Waals surface area contributed by atoms with Gasteiger partial charge in [0.2, 0.25) is 0 Å². The Labute approximate surface area is 89.2 Å². The first-order valence-electron chi connectivity index (χ1n) is 4.84. The molecule has 0 amide bonds. The van der Waals surface area contributed by atoms with Crippen molar-refractivity contribution in [3.05, 3.63) is 58.3 Å². The van der Waals surface area contributed by atoms with Crippen LogP contribution in [0.5, 0.6) is 0 Å². The summed E-state index contributed by atoms with van der Waals surface area (Å²) < 4.78 is 0. The highest BCUT2D eigenvalue weighted by molar-refractivity contribution is 7.09. The van der Waals surface area contributed by atoms with Crippen LogP contribution in [0.1, 0.15) is 23.3 Å². The van der Waals surface area contributed by atoms with E-state index in [1.807, 2.05) is 5.38 Å². The van der Waals surface area contributed by atoms with Crippen LogP contribution < -0.4 is 0 Å². The fourth-order valence-corrected chi connectivity index (χ4v) is 2.35. The van der Waals surface area contributed by atoms with Crippen molar-refractivity contribution >= 4 is 11.3 Å². The molecule has 1 aromatic heterocycles. The zero-order valence-corrected chi connectivity index (χ0v) is 9.05. The third-order valence-electron chi connectivity index (χ3n) is 2.40. The van der Waals surface area contributed by atoms with E-state index < -0.39 is 0 Å². The van der Waals surface area contributed by atoms with E-state index in [1.165, 1.54) is 10.4 Å². The Morgan fingerprint density at radius 3 is 2.71 bits per heavy atom. The van der Waals surface area contributed by atoms with Gasteiger partial charge in [0.1, 0.15) is 0 Å². The minimum Gasteiger partial charge on any atom is -0.148 e. The maximum atomic E-state index is 3.11. The highest BCUT2D eigenvalue weighted by Crippen LogP contribution is 2.22. The molecule has 0 spiro atoms. The highest BCUT2D eigenvalue weighted by Gasteiger charge is 2.06. The second-order valence-electron chi connectivity index (χ2n) is 3.53. The summed E-state index contributed by atoms with van der Waals surface area (Å²) >= 11 is 1.79. The molecule has 14 heavy (non-hydrogen) atoms. The predicted octanol–water partition coefficient (Wildman–Crippen LogP) is 3.89. The van der Waals surface area contributed by atoms with Crippen molar-refractivity contribution in [2.24, 2.45) is 0 Å². The van der Waals surface area contributed by atoms with Crippen LogP contribution in [0.2, 0.25) is 0 Å². The summed E-state index contributed by atoms with van der Waals surface area (Å²) in [5.41, 5.74) is 1.42. The zero-order chi connectivity index (χ0) is 9.80. The van der Waals surface area contributed by atoms with E-state index in [4.69, 9.17) is 0 Å². The molecule has 0 nitrogen and oxygen atoms in total. The quantitative estimate of drug-likeness (QED) is 0.706. The van der Waals surface area contributed by atoms with E-state index in [1.54, 1.807) is 11.3 Å². The molecule has 1 heterocycles. The molecule has 0 aliphatic carbocycles. The van der Waals surface area contributed by atoms with Crippen LogP contribution in [0, 0.1) is 6.07 Å². The standard InChI is InChI=1S/C13H13S/c1-11(10-13-8-5-9-14-13)12-6-3-2-4-7-12/h2-4,6-9,11H,10H2,1H3. The summed E-state index contributed by atoms with van der Waals surface area (Å²) in [6.45, 7) is 2.27. The largest absolute Gasteiger partial charge is 0.148 e. The lowest BCUT2D eigenvalue weighted by Gasteiger charge is -2.09. The molecule has 0 saturated heterocycles. The average molecular weight is 201 g/mol. The second-order valence-corrected chi connectivity index (χ2v) is 4.52. The van der Waals surface area contributed by atoms with Crippen molar-refractivity contribution in [3.63, 3.8) is 0 Å². The van der Waals surface area contributed by atoms with Crippen molar-refractivity contribution in [2.45, 2.75) is 19.3 Å². The minimum atomic E-state index is 0.600. The first-order valence-corrected chi connectivity index (χ1v) is 5.72. The van der Waals surface area contributed by atoms with E-state index >= 15 is 0 Å². The lowest BCUT2D eigenvalue weighted by atomic mass is 9.97. The molecule has 2 aromatic rings. The first-order chi connectivity index (χ1) is 6.86.